The van der Waals surface area contributed by atoms with Gasteiger partial charge in [-0.2, -0.15) is 0 Å². The quantitative estimate of drug-likeness (QED) is 0.472. The van der Waals surface area contributed by atoms with Crippen LogP contribution in [-0.4, -0.2) is 57.1 Å². The zero-order valence-corrected chi connectivity index (χ0v) is 22.9. The third-order valence-electron chi connectivity index (χ3n) is 6.26. The van der Waals surface area contributed by atoms with Crippen LogP contribution in [-0.2, 0) is 26.2 Å². The third kappa shape index (κ3) is 7.05. The van der Waals surface area contributed by atoms with E-state index in [-0.39, 0.29) is 24.2 Å². The molecule has 0 aliphatic heterocycles. The van der Waals surface area contributed by atoms with E-state index in [4.69, 9.17) is 27.9 Å². The Hall–Kier alpha value is -2.49. The molecule has 0 heterocycles. The zero-order valence-electron chi connectivity index (χ0n) is 20.5. The van der Waals surface area contributed by atoms with Gasteiger partial charge in [0.05, 0.1) is 19.1 Å². The van der Waals surface area contributed by atoms with Crippen LogP contribution in [0.2, 0.25) is 10.0 Å². The summed E-state index contributed by atoms with van der Waals surface area (Å²) in [6.07, 6.45) is 4.90. The van der Waals surface area contributed by atoms with Gasteiger partial charge in [-0.1, -0.05) is 54.2 Å². The second kappa shape index (κ2) is 12.2. The van der Waals surface area contributed by atoms with E-state index in [9.17, 15) is 18.0 Å². The first-order valence-corrected chi connectivity index (χ1v) is 14.3. The SMILES string of the molecule is COc1ccccc1N(CC(=O)N(Cc1ccc(Cl)cc1Cl)C(C)C(=O)NC1CCCC1)S(C)(=O)=O. The molecule has 1 aliphatic carbocycles. The number of carbonyl (C=O) groups is 2. The lowest BCUT2D eigenvalue weighted by Crippen LogP contribution is -2.52. The molecule has 1 atom stereocenters. The summed E-state index contributed by atoms with van der Waals surface area (Å²) in [4.78, 5) is 28.1. The maximum absolute atomic E-state index is 13.7. The number of carbonyl (C=O) groups excluding carboxylic acids is 2. The van der Waals surface area contributed by atoms with E-state index in [1.807, 2.05) is 0 Å². The normalized spacial score (nSPS) is 14.8. The van der Waals surface area contributed by atoms with Crippen molar-refractivity contribution in [3.63, 3.8) is 0 Å². The molecule has 0 spiro atoms. The second-order valence-electron chi connectivity index (χ2n) is 8.86. The van der Waals surface area contributed by atoms with Crippen molar-refractivity contribution in [1.29, 1.82) is 0 Å². The summed E-state index contributed by atoms with van der Waals surface area (Å²) in [5, 5.41) is 3.80. The van der Waals surface area contributed by atoms with Crippen LogP contribution in [0.5, 0.6) is 5.75 Å². The number of amides is 2. The Kier molecular flexibility index (Phi) is 9.49. The van der Waals surface area contributed by atoms with Gasteiger partial charge in [0, 0.05) is 22.6 Å². The first-order valence-electron chi connectivity index (χ1n) is 11.7. The highest BCUT2D eigenvalue weighted by Crippen LogP contribution is 2.30. The van der Waals surface area contributed by atoms with Crippen LogP contribution in [0.3, 0.4) is 0 Å². The molecule has 1 unspecified atom stereocenters. The highest BCUT2D eigenvalue weighted by atomic mass is 35.5. The summed E-state index contributed by atoms with van der Waals surface area (Å²) in [7, 11) is -2.45. The lowest BCUT2D eigenvalue weighted by molar-refractivity contribution is -0.139. The van der Waals surface area contributed by atoms with Crippen LogP contribution in [0.4, 0.5) is 5.69 Å². The fourth-order valence-electron chi connectivity index (χ4n) is 4.24. The van der Waals surface area contributed by atoms with Crippen molar-refractivity contribution in [1.82, 2.24) is 10.2 Å². The highest BCUT2D eigenvalue weighted by molar-refractivity contribution is 7.92. The average Bonchev–Trinajstić information content (AvgIpc) is 3.33. The molecular weight excluding hydrogens is 525 g/mol. The smallest absolute Gasteiger partial charge is 0.244 e. The Balaban J connectivity index is 1.93. The zero-order chi connectivity index (χ0) is 26.5. The van der Waals surface area contributed by atoms with E-state index in [1.54, 1.807) is 49.4 Å². The van der Waals surface area contributed by atoms with Crippen molar-refractivity contribution < 1.29 is 22.7 Å². The van der Waals surface area contributed by atoms with Crippen molar-refractivity contribution in [2.24, 2.45) is 0 Å². The summed E-state index contributed by atoms with van der Waals surface area (Å²) in [6, 6.07) is 10.6. The van der Waals surface area contributed by atoms with Gasteiger partial charge in [-0.3, -0.25) is 13.9 Å². The van der Waals surface area contributed by atoms with Gasteiger partial charge in [-0.05, 0) is 49.6 Å². The number of para-hydroxylation sites is 2. The topological polar surface area (TPSA) is 96.0 Å². The molecule has 8 nitrogen and oxygen atoms in total. The molecule has 196 valence electrons. The number of sulfonamides is 1. The van der Waals surface area contributed by atoms with Gasteiger partial charge in [0.15, 0.2) is 0 Å². The number of nitrogens with one attached hydrogen (secondary N) is 1. The van der Waals surface area contributed by atoms with Crippen molar-refractivity contribution in [3.05, 3.63) is 58.1 Å². The first kappa shape index (κ1) is 28.1. The maximum atomic E-state index is 13.7. The average molecular weight is 557 g/mol. The minimum Gasteiger partial charge on any atom is -0.495 e. The van der Waals surface area contributed by atoms with E-state index in [2.05, 4.69) is 5.32 Å². The molecule has 0 radical (unpaired) electrons. The number of nitrogens with zero attached hydrogens (tertiary/aromatic N) is 2. The van der Waals surface area contributed by atoms with Crippen molar-refractivity contribution >= 4 is 50.7 Å². The Morgan fingerprint density at radius 2 is 1.81 bits per heavy atom. The molecule has 1 aliphatic rings. The van der Waals surface area contributed by atoms with Crippen LogP contribution in [0.15, 0.2) is 42.5 Å². The van der Waals surface area contributed by atoms with Crippen LogP contribution in [0.25, 0.3) is 0 Å². The number of hydrogen-bond acceptors (Lipinski definition) is 5. The van der Waals surface area contributed by atoms with E-state index < -0.39 is 28.5 Å². The van der Waals surface area contributed by atoms with Gasteiger partial charge in [0.2, 0.25) is 21.8 Å². The Morgan fingerprint density at radius 1 is 1.14 bits per heavy atom. The summed E-state index contributed by atoms with van der Waals surface area (Å²) in [5.74, 6) is -0.565. The molecule has 3 rings (SSSR count). The number of methoxy groups -OCH3 is 1. The number of rotatable bonds is 10. The molecular formula is C25H31Cl2N3O5S. The monoisotopic (exact) mass is 555 g/mol. The summed E-state index contributed by atoms with van der Waals surface area (Å²) >= 11 is 12.4. The summed E-state index contributed by atoms with van der Waals surface area (Å²) < 4.78 is 31.8. The molecule has 1 saturated carbocycles. The number of halogens is 2. The van der Waals surface area contributed by atoms with Crippen LogP contribution >= 0.6 is 23.2 Å². The standard InChI is InChI=1S/C25H31Cl2N3O5S/c1-17(25(32)28-20-8-4-5-9-20)29(15-18-12-13-19(26)14-21(18)27)24(31)16-30(36(3,33)34)22-10-6-7-11-23(22)35-2/h6-7,10-14,17,20H,4-5,8-9,15-16H2,1-3H3,(H,28,32). The number of hydrogen-bond donors (Lipinski definition) is 1. The molecule has 36 heavy (non-hydrogen) atoms. The van der Waals surface area contributed by atoms with Crippen LogP contribution in [0.1, 0.15) is 38.2 Å². The summed E-state index contributed by atoms with van der Waals surface area (Å²) in [6.45, 7) is 1.10. The largest absolute Gasteiger partial charge is 0.495 e. The van der Waals surface area contributed by atoms with E-state index in [0.717, 1.165) is 36.2 Å². The van der Waals surface area contributed by atoms with Crippen molar-refractivity contribution in [3.8, 4) is 5.75 Å². The van der Waals surface area contributed by atoms with Crippen LogP contribution in [0, 0.1) is 0 Å². The van der Waals surface area contributed by atoms with Gasteiger partial charge < -0.3 is 15.0 Å². The Labute approximate surface area is 222 Å². The second-order valence-corrected chi connectivity index (χ2v) is 11.6. The molecule has 2 amide bonds. The minimum atomic E-state index is -3.87. The fourth-order valence-corrected chi connectivity index (χ4v) is 5.56. The Morgan fingerprint density at radius 3 is 2.42 bits per heavy atom. The summed E-state index contributed by atoms with van der Waals surface area (Å²) in [5.41, 5.74) is 0.807. The lowest BCUT2D eigenvalue weighted by atomic mass is 10.1. The molecule has 2 aromatic carbocycles. The Bertz CT molecular complexity index is 1200. The maximum Gasteiger partial charge on any atom is 0.244 e. The molecule has 11 heteroatoms. The van der Waals surface area contributed by atoms with Gasteiger partial charge in [-0.15, -0.1) is 0 Å². The van der Waals surface area contributed by atoms with E-state index in [1.165, 1.54) is 12.0 Å². The molecule has 0 saturated heterocycles. The van der Waals surface area contributed by atoms with Crippen molar-refractivity contribution in [2.75, 3.05) is 24.2 Å². The van der Waals surface area contributed by atoms with E-state index >= 15 is 0 Å². The number of anilines is 1. The molecule has 0 aromatic heterocycles. The van der Waals surface area contributed by atoms with Gasteiger partial charge in [0.25, 0.3) is 0 Å². The first-order chi connectivity index (χ1) is 17.0. The predicted octanol–water partition coefficient (Wildman–Crippen LogP) is 4.24. The molecule has 2 aromatic rings. The predicted molar refractivity (Wildman–Crippen MR) is 142 cm³/mol. The van der Waals surface area contributed by atoms with Gasteiger partial charge in [-0.25, -0.2) is 8.42 Å². The van der Waals surface area contributed by atoms with Crippen molar-refractivity contribution in [2.45, 2.75) is 51.2 Å². The fraction of sp³-hybridized carbons (Fsp3) is 0.440. The molecule has 1 fully saturated rings. The van der Waals surface area contributed by atoms with Gasteiger partial charge >= 0.3 is 0 Å². The van der Waals surface area contributed by atoms with E-state index in [0.29, 0.717) is 21.4 Å². The lowest BCUT2D eigenvalue weighted by Gasteiger charge is -2.32. The number of ether oxygens (including phenoxy) is 1. The number of benzene rings is 2. The van der Waals surface area contributed by atoms with Crippen LogP contribution < -0.4 is 14.4 Å². The van der Waals surface area contributed by atoms with Gasteiger partial charge in [0.1, 0.15) is 18.3 Å². The molecule has 0 bridgehead atoms. The third-order valence-corrected chi connectivity index (χ3v) is 7.97. The minimum absolute atomic E-state index is 0.00237. The highest BCUT2D eigenvalue weighted by Gasteiger charge is 2.32. The molecule has 1 N–H and O–H groups in total.